The predicted octanol–water partition coefficient (Wildman–Crippen LogP) is 2.96. The van der Waals surface area contributed by atoms with E-state index in [0.717, 1.165) is 63.1 Å². The van der Waals surface area contributed by atoms with Gasteiger partial charge in [-0.25, -0.2) is 0 Å². The summed E-state index contributed by atoms with van der Waals surface area (Å²) >= 11 is 0. The molecule has 1 heterocycles. The first-order valence-electron chi connectivity index (χ1n) is 10.0. The summed E-state index contributed by atoms with van der Waals surface area (Å²) in [6.45, 7) is 9.28. The molecule has 1 unspecified atom stereocenters. The van der Waals surface area contributed by atoms with E-state index in [4.69, 9.17) is 14.2 Å². The molecule has 6 heteroatoms. The Morgan fingerprint density at radius 3 is 2.81 bits per heavy atom. The number of ether oxygens (including phenoxy) is 3. The minimum absolute atomic E-state index is 0.611. The van der Waals surface area contributed by atoms with E-state index in [0.29, 0.717) is 12.5 Å². The molecule has 0 aliphatic carbocycles. The van der Waals surface area contributed by atoms with Gasteiger partial charge < -0.3 is 24.4 Å². The Morgan fingerprint density at radius 1 is 1.26 bits per heavy atom. The maximum absolute atomic E-state index is 5.66. The fourth-order valence-corrected chi connectivity index (χ4v) is 3.42. The number of hydrogen-bond acceptors (Lipinski definition) is 4. The fourth-order valence-electron chi connectivity index (χ4n) is 3.42. The van der Waals surface area contributed by atoms with Gasteiger partial charge in [0.25, 0.3) is 0 Å². The number of nitrogens with zero attached hydrogens (tertiary/aromatic N) is 2. The highest BCUT2D eigenvalue weighted by molar-refractivity contribution is 5.80. The van der Waals surface area contributed by atoms with Crippen LogP contribution < -0.4 is 14.8 Å². The van der Waals surface area contributed by atoms with Gasteiger partial charge in [0, 0.05) is 39.2 Å². The molecule has 1 aromatic rings. The summed E-state index contributed by atoms with van der Waals surface area (Å²) in [5.74, 6) is 3.21. The largest absolute Gasteiger partial charge is 0.493 e. The van der Waals surface area contributed by atoms with Gasteiger partial charge in [-0.3, -0.25) is 4.99 Å². The fraction of sp³-hybridized carbons (Fsp3) is 0.667. The van der Waals surface area contributed by atoms with Crippen LogP contribution in [0.15, 0.2) is 23.2 Å². The molecule has 1 saturated heterocycles. The summed E-state index contributed by atoms with van der Waals surface area (Å²) in [5.41, 5.74) is 1.26. The Morgan fingerprint density at radius 2 is 2.11 bits per heavy atom. The quantitative estimate of drug-likeness (QED) is 0.386. The maximum Gasteiger partial charge on any atom is 0.193 e. The smallest absolute Gasteiger partial charge is 0.193 e. The molecule has 1 fully saturated rings. The van der Waals surface area contributed by atoms with Crippen molar-refractivity contribution in [3.05, 3.63) is 23.8 Å². The molecule has 6 nitrogen and oxygen atoms in total. The number of hydrogen-bond donors (Lipinski definition) is 1. The molecule has 27 heavy (non-hydrogen) atoms. The number of aliphatic imine (C=N–C) groups is 1. The molecule has 0 amide bonds. The zero-order chi connectivity index (χ0) is 19.5. The number of methoxy groups -OCH3 is 1. The second-order valence-corrected chi connectivity index (χ2v) is 6.76. The normalized spacial score (nSPS) is 17.3. The average Bonchev–Trinajstić information content (AvgIpc) is 3.15. The van der Waals surface area contributed by atoms with Crippen molar-refractivity contribution in [2.45, 2.75) is 33.1 Å². The van der Waals surface area contributed by atoms with E-state index in [9.17, 15) is 0 Å². The zero-order valence-electron chi connectivity index (χ0n) is 17.3. The lowest BCUT2D eigenvalue weighted by molar-refractivity contribution is 0.114. The van der Waals surface area contributed by atoms with Gasteiger partial charge in [0.15, 0.2) is 17.5 Å². The van der Waals surface area contributed by atoms with Gasteiger partial charge in [-0.15, -0.1) is 0 Å². The molecule has 2 rings (SSSR count). The molecule has 1 aromatic carbocycles. The van der Waals surface area contributed by atoms with Crippen molar-refractivity contribution in [1.29, 1.82) is 0 Å². The Bertz CT molecular complexity index is 592. The average molecular weight is 378 g/mol. The van der Waals surface area contributed by atoms with Gasteiger partial charge in [-0.05, 0) is 50.8 Å². The van der Waals surface area contributed by atoms with Gasteiger partial charge in [-0.2, -0.15) is 0 Å². The molecule has 0 radical (unpaired) electrons. The molecule has 152 valence electrons. The topological polar surface area (TPSA) is 55.3 Å². The van der Waals surface area contributed by atoms with Crippen LogP contribution in [-0.4, -0.2) is 64.5 Å². The van der Waals surface area contributed by atoms with Crippen molar-refractivity contribution < 1.29 is 14.2 Å². The lowest BCUT2D eigenvalue weighted by Gasteiger charge is -2.21. The number of likely N-dealkylation sites (tertiary alicyclic amines) is 1. The molecular formula is C21H35N3O3. The van der Waals surface area contributed by atoms with Gasteiger partial charge >= 0.3 is 0 Å². The highest BCUT2D eigenvalue weighted by Crippen LogP contribution is 2.28. The monoisotopic (exact) mass is 377 g/mol. The number of nitrogens with one attached hydrogen (secondary N) is 1. The first kappa shape index (κ1) is 21.4. The van der Waals surface area contributed by atoms with E-state index in [2.05, 4.69) is 27.3 Å². The number of benzene rings is 1. The van der Waals surface area contributed by atoms with Crippen molar-refractivity contribution in [3.8, 4) is 11.5 Å². The third-order valence-electron chi connectivity index (χ3n) is 4.81. The van der Waals surface area contributed by atoms with Crippen molar-refractivity contribution >= 4 is 5.96 Å². The van der Waals surface area contributed by atoms with Crippen LogP contribution in [0.2, 0.25) is 0 Å². The van der Waals surface area contributed by atoms with Crippen molar-refractivity contribution in [3.63, 3.8) is 0 Å². The Balaban J connectivity index is 1.76. The first-order valence-corrected chi connectivity index (χ1v) is 10.0. The number of aryl methyl sites for hydroxylation is 1. The van der Waals surface area contributed by atoms with Crippen LogP contribution in [0.4, 0.5) is 0 Å². The van der Waals surface area contributed by atoms with Crippen LogP contribution in [0.3, 0.4) is 0 Å². The highest BCUT2D eigenvalue weighted by Gasteiger charge is 2.24. The van der Waals surface area contributed by atoms with Crippen LogP contribution in [0.1, 0.15) is 32.3 Å². The molecule has 1 N–H and O–H groups in total. The summed E-state index contributed by atoms with van der Waals surface area (Å²) < 4.78 is 16.6. The van der Waals surface area contributed by atoms with E-state index >= 15 is 0 Å². The van der Waals surface area contributed by atoms with Crippen molar-refractivity contribution in [2.75, 3.05) is 53.6 Å². The molecule has 1 atom stereocenters. The third-order valence-corrected chi connectivity index (χ3v) is 4.81. The zero-order valence-corrected chi connectivity index (χ0v) is 17.3. The van der Waals surface area contributed by atoms with E-state index < -0.39 is 0 Å². The minimum atomic E-state index is 0.611. The van der Waals surface area contributed by atoms with Crippen LogP contribution >= 0.6 is 0 Å². The van der Waals surface area contributed by atoms with Crippen LogP contribution in [0.25, 0.3) is 0 Å². The summed E-state index contributed by atoms with van der Waals surface area (Å²) in [5, 5.41) is 3.50. The van der Waals surface area contributed by atoms with Crippen LogP contribution in [0.5, 0.6) is 11.5 Å². The minimum Gasteiger partial charge on any atom is -0.493 e. The second-order valence-electron chi connectivity index (χ2n) is 6.76. The second kappa shape index (κ2) is 11.7. The summed E-state index contributed by atoms with van der Waals surface area (Å²) in [4.78, 5) is 6.78. The number of rotatable bonds is 10. The summed E-state index contributed by atoms with van der Waals surface area (Å²) in [7, 11) is 3.53. The van der Waals surface area contributed by atoms with Gasteiger partial charge in [0.2, 0.25) is 0 Å². The van der Waals surface area contributed by atoms with Crippen LogP contribution in [0, 0.1) is 5.92 Å². The predicted molar refractivity (Wildman–Crippen MR) is 110 cm³/mol. The molecule has 1 aliphatic rings. The molecular weight excluding hydrogens is 342 g/mol. The van der Waals surface area contributed by atoms with Crippen molar-refractivity contribution in [2.24, 2.45) is 10.9 Å². The lowest BCUT2D eigenvalue weighted by Crippen LogP contribution is -2.40. The third kappa shape index (κ3) is 6.61. The standard InChI is InChI=1S/C21H35N3O3/c1-5-26-16-18-11-13-24(15-18)21(22-3)23-12-7-8-17-9-10-19(25-4)20(14-17)27-6-2/h9-10,14,18H,5-8,11-13,15-16H2,1-4H3,(H,22,23). The van der Waals surface area contributed by atoms with E-state index in [1.807, 2.05) is 27.0 Å². The van der Waals surface area contributed by atoms with E-state index in [1.165, 1.54) is 12.0 Å². The Hall–Kier alpha value is -1.95. The first-order chi connectivity index (χ1) is 13.2. The Kier molecular flexibility index (Phi) is 9.25. The van der Waals surface area contributed by atoms with Gasteiger partial charge in [0.1, 0.15) is 0 Å². The van der Waals surface area contributed by atoms with Crippen molar-refractivity contribution in [1.82, 2.24) is 10.2 Å². The highest BCUT2D eigenvalue weighted by atomic mass is 16.5. The molecule has 0 spiro atoms. The van der Waals surface area contributed by atoms with E-state index in [1.54, 1.807) is 7.11 Å². The summed E-state index contributed by atoms with van der Waals surface area (Å²) in [6.07, 6.45) is 3.20. The van der Waals surface area contributed by atoms with Gasteiger partial charge in [0.05, 0.1) is 20.3 Å². The lowest BCUT2D eigenvalue weighted by atomic mass is 10.1. The Labute approximate surface area is 163 Å². The van der Waals surface area contributed by atoms with Crippen LogP contribution in [-0.2, 0) is 11.2 Å². The SMILES string of the molecule is CCOCC1CCN(C(=NC)NCCCc2ccc(OC)c(OCC)c2)C1. The number of guanidine groups is 1. The van der Waals surface area contributed by atoms with E-state index in [-0.39, 0.29) is 0 Å². The molecule has 0 bridgehead atoms. The molecule has 0 aromatic heterocycles. The summed E-state index contributed by atoms with van der Waals surface area (Å²) in [6, 6.07) is 6.17. The van der Waals surface area contributed by atoms with Gasteiger partial charge in [-0.1, -0.05) is 6.07 Å². The molecule has 0 saturated carbocycles. The maximum atomic E-state index is 5.66. The molecule has 1 aliphatic heterocycles.